The van der Waals surface area contributed by atoms with Crippen LogP contribution in [0.25, 0.3) is 0 Å². The van der Waals surface area contributed by atoms with Crippen LogP contribution in [0.4, 0.5) is 0 Å². The molecular formula is C24H32O5. The fraction of sp³-hybridized carbons (Fsp3) is 0.500. The fourth-order valence-electron chi connectivity index (χ4n) is 3.63. The lowest BCUT2D eigenvalue weighted by Crippen LogP contribution is -2.13. The Morgan fingerprint density at radius 3 is 2.41 bits per heavy atom. The first-order valence-corrected chi connectivity index (χ1v) is 10.3. The topological polar surface area (TPSA) is 46.2 Å². The standard InChI is InChI=1S/C24H32O5/c1-5-17(2)18-6-8-20(9-7-18)27-12-13-29-24-19(15-25-3)14-23-21(10-11-28-23)22(24)16-26-4/h6-9,14,17H,5,10-13,15-16H2,1-4H3. The van der Waals surface area contributed by atoms with Gasteiger partial charge >= 0.3 is 0 Å². The lowest BCUT2D eigenvalue weighted by atomic mass is 9.99. The van der Waals surface area contributed by atoms with Gasteiger partial charge in [-0.05, 0) is 36.1 Å². The molecule has 5 heteroatoms. The third-order valence-electron chi connectivity index (χ3n) is 5.39. The molecule has 0 radical (unpaired) electrons. The number of benzene rings is 2. The van der Waals surface area contributed by atoms with Crippen LogP contribution in [0.5, 0.6) is 17.2 Å². The van der Waals surface area contributed by atoms with E-state index >= 15 is 0 Å². The van der Waals surface area contributed by atoms with Crippen LogP contribution in [0.1, 0.15) is 48.4 Å². The van der Waals surface area contributed by atoms with Gasteiger partial charge in [-0.2, -0.15) is 0 Å². The van der Waals surface area contributed by atoms with Crippen molar-refractivity contribution < 1.29 is 23.7 Å². The van der Waals surface area contributed by atoms with Crippen molar-refractivity contribution in [3.8, 4) is 17.2 Å². The molecular weight excluding hydrogens is 368 g/mol. The SMILES string of the molecule is CCC(C)c1ccc(OCCOc2c(COC)cc3c(c2COC)CCO3)cc1. The first kappa shape index (κ1) is 21.5. The molecule has 0 N–H and O–H groups in total. The van der Waals surface area contributed by atoms with Gasteiger partial charge in [0, 0.05) is 37.3 Å². The summed E-state index contributed by atoms with van der Waals surface area (Å²) in [6, 6.07) is 10.4. The highest BCUT2D eigenvalue weighted by Gasteiger charge is 2.23. The molecule has 2 aromatic rings. The molecule has 1 aliphatic rings. The van der Waals surface area contributed by atoms with Gasteiger partial charge in [-0.1, -0.05) is 26.0 Å². The average Bonchev–Trinajstić information content (AvgIpc) is 3.21. The minimum atomic E-state index is 0.445. The van der Waals surface area contributed by atoms with E-state index in [2.05, 4.69) is 26.0 Å². The monoisotopic (exact) mass is 400 g/mol. The van der Waals surface area contributed by atoms with E-state index < -0.39 is 0 Å². The highest BCUT2D eigenvalue weighted by molar-refractivity contribution is 5.55. The number of fused-ring (bicyclic) bond motifs is 1. The highest BCUT2D eigenvalue weighted by atomic mass is 16.5. The summed E-state index contributed by atoms with van der Waals surface area (Å²) < 4.78 is 28.6. The Kier molecular flexibility index (Phi) is 7.78. The average molecular weight is 401 g/mol. The van der Waals surface area contributed by atoms with Crippen LogP contribution >= 0.6 is 0 Å². The summed E-state index contributed by atoms with van der Waals surface area (Å²) in [4.78, 5) is 0. The third kappa shape index (κ3) is 5.22. The van der Waals surface area contributed by atoms with Crippen LogP contribution in [-0.4, -0.2) is 34.0 Å². The highest BCUT2D eigenvalue weighted by Crippen LogP contribution is 2.38. The first-order chi connectivity index (χ1) is 14.2. The molecule has 0 saturated carbocycles. The van der Waals surface area contributed by atoms with Crippen molar-refractivity contribution in [1.29, 1.82) is 0 Å². The Morgan fingerprint density at radius 1 is 1.00 bits per heavy atom. The van der Waals surface area contributed by atoms with E-state index in [1.165, 1.54) is 11.1 Å². The second-order valence-corrected chi connectivity index (χ2v) is 7.36. The number of hydrogen-bond acceptors (Lipinski definition) is 5. The van der Waals surface area contributed by atoms with Crippen molar-refractivity contribution in [2.45, 2.75) is 45.8 Å². The number of hydrogen-bond donors (Lipinski definition) is 0. The second kappa shape index (κ2) is 10.5. The predicted molar refractivity (Wildman–Crippen MR) is 113 cm³/mol. The van der Waals surface area contributed by atoms with Crippen LogP contribution in [-0.2, 0) is 29.1 Å². The maximum absolute atomic E-state index is 6.16. The van der Waals surface area contributed by atoms with Crippen LogP contribution < -0.4 is 14.2 Å². The largest absolute Gasteiger partial charge is 0.493 e. The lowest BCUT2D eigenvalue weighted by Gasteiger charge is -2.19. The van der Waals surface area contributed by atoms with E-state index in [4.69, 9.17) is 23.7 Å². The van der Waals surface area contributed by atoms with Gasteiger partial charge in [0.1, 0.15) is 30.5 Å². The van der Waals surface area contributed by atoms with Crippen molar-refractivity contribution >= 4 is 0 Å². The Hall–Kier alpha value is -2.24. The van der Waals surface area contributed by atoms with E-state index in [-0.39, 0.29) is 0 Å². The summed E-state index contributed by atoms with van der Waals surface area (Å²) in [7, 11) is 3.38. The van der Waals surface area contributed by atoms with Gasteiger partial charge in [-0.25, -0.2) is 0 Å². The Morgan fingerprint density at radius 2 is 1.72 bits per heavy atom. The van der Waals surface area contributed by atoms with Crippen LogP contribution in [0.15, 0.2) is 30.3 Å². The van der Waals surface area contributed by atoms with Gasteiger partial charge < -0.3 is 23.7 Å². The molecule has 3 rings (SSSR count). The van der Waals surface area contributed by atoms with Gasteiger partial charge in [0.05, 0.1) is 19.8 Å². The first-order valence-electron chi connectivity index (χ1n) is 10.3. The third-order valence-corrected chi connectivity index (χ3v) is 5.39. The zero-order valence-corrected chi connectivity index (χ0v) is 18.0. The van der Waals surface area contributed by atoms with Gasteiger partial charge in [-0.15, -0.1) is 0 Å². The van der Waals surface area contributed by atoms with Gasteiger partial charge in [0.2, 0.25) is 0 Å². The Balaban J connectivity index is 1.65. The van der Waals surface area contributed by atoms with Crippen LogP contribution in [0.2, 0.25) is 0 Å². The molecule has 158 valence electrons. The smallest absolute Gasteiger partial charge is 0.131 e. The van der Waals surface area contributed by atoms with E-state index in [9.17, 15) is 0 Å². The van der Waals surface area contributed by atoms with Crippen molar-refractivity contribution in [2.24, 2.45) is 0 Å². The summed E-state index contributed by atoms with van der Waals surface area (Å²) in [5.41, 5.74) is 4.53. The van der Waals surface area contributed by atoms with Crippen molar-refractivity contribution in [3.63, 3.8) is 0 Å². The minimum Gasteiger partial charge on any atom is -0.493 e. The van der Waals surface area contributed by atoms with E-state index in [1.807, 2.05) is 18.2 Å². The minimum absolute atomic E-state index is 0.445. The lowest BCUT2D eigenvalue weighted by molar-refractivity contribution is 0.163. The summed E-state index contributed by atoms with van der Waals surface area (Å²) in [6.45, 7) is 6.98. The predicted octanol–water partition coefficient (Wildman–Crippen LogP) is 4.89. The molecule has 0 spiro atoms. The summed E-state index contributed by atoms with van der Waals surface area (Å²) in [5, 5.41) is 0. The van der Waals surface area contributed by atoms with Crippen molar-refractivity contribution in [3.05, 3.63) is 52.6 Å². The number of methoxy groups -OCH3 is 2. The number of ether oxygens (including phenoxy) is 5. The quantitative estimate of drug-likeness (QED) is 0.503. The fourth-order valence-corrected chi connectivity index (χ4v) is 3.63. The molecule has 1 heterocycles. The summed E-state index contributed by atoms with van der Waals surface area (Å²) in [6.07, 6.45) is 2.00. The van der Waals surface area contributed by atoms with Gasteiger partial charge in [-0.3, -0.25) is 0 Å². The zero-order valence-electron chi connectivity index (χ0n) is 18.0. The summed E-state index contributed by atoms with van der Waals surface area (Å²) in [5.74, 6) is 3.16. The molecule has 0 aliphatic carbocycles. The Labute approximate surface area is 173 Å². The molecule has 5 nitrogen and oxygen atoms in total. The zero-order chi connectivity index (χ0) is 20.6. The van der Waals surface area contributed by atoms with Crippen LogP contribution in [0, 0.1) is 0 Å². The molecule has 0 amide bonds. The van der Waals surface area contributed by atoms with E-state index in [1.54, 1.807) is 14.2 Å². The molecule has 0 saturated heterocycles. The Bertz CT molecular complexity index is 785. The molecule has 1 atom stereocenters. The molecule has 1 unspecified atom stereocenters. The van der Waals surface area contributed by atoms with Crippen LogP contribution in [0.3, 0.4) is 0 Å². The normalized spacial score (nSPS) is 13.7. The molecule has 0 aromatic heterocycles. The molecule has 0 fully saturated rings. The van der Waals surface area contributed by atoms with E-state index in [0.717, 1.165) is 41.2 Å². The molecule has 0 bridgehead atoms. The van der Waals surface area contributed by atoms with Crippen molar-refractivity contribution in [2.75, 3.05) is 34.0 Å². The summed E-state index contributed by atoms with van der Waals surface area (Å²) >= 11 is 0. The molecule has 1 aliphatic heterocycles. The maximum Gasteiger partial charge on any atom is 0.131 e. The molecule has 29 heavy (non-hydrogen) atoms. The number of rotatable bonds is 11. The van der Waals surface area contributed by atoms with E-state index in [0.29, 0.717) is 39.0 Å². The maximum atomic E-state index is 6.16. The van der Waals surface area contributed by atoms with Gasteiger partial charge in [0.25, 0.3) is 0 Å². The second-order valence-electron chi connectivity index (χ2n) is 7.36. The van der Waals surface area contributed by atoms with Gasteiger partial charge in [0.15, 0.2) is 0 Å². The van der Waals surface area contributed by atoms with Crippen molar-refractivity contribution in [1.82, 2.24) is 0 Å². The molecule has 2 aromatic carbocycles.